The molecule has 114 valence electrons. The first-order chi connectivity index (χ1) is 10.2. The molecular formula is C15H23N5O. The lowest BCUT2D eigenvalue weighted by atomic mass is 10.4. The minimum absolute atomic E-state index is 0.692. The first kappa shape index (κ1) is 15.4. The number of anilines is 1. The van der Waals surface area contributed by atoms with Crippen LogP contribution in [0.3, 0.4) is 0 Å². The summed E-state index contributed by atoms with van der Waals surface area (Å²) in [7, 11) is 0. The Morgan fingerprint density at radius 1 is 1.29 bits per heavy atom. The van der Waals surface area contributed by atoms with Gasteiger partial charge in [-0.1, -0.05) is 0 Å². The molecule has 0 aliphatic heterocycles. The van der Waals surface area contributed by atoms with Crippen molar-refractivity contribution in [3.05, 3.63) is 35.7 Å². The van der Waals surface area contributed by atoms with Crippen LogP contribution >= 0.6 is 0 Å². The summed E-state index contributed by atoms with van der Waals surface area (Å²) in [5, 5.41) is 3.36. The highest BCUT2D eigenvalue weighted by atomic mass is 16.5. The molecule has 6 heteroatoms. The zero-order valence-corrected chi connectivity index (χ0v) is 13.0. The first-order valence-electron chi connectivity index (χ1n) is 7.33. The molecule has 0 saturated carbocycles. The number of hydrogen-bond acceptors (Lipinski definition) is 5. The Morgan fingerprint density at radius 2 is 2.14 bits per heavy atom. The Bertz CT molecular complexity index is 567. The van der Waals surface area contributed by atoms with E-state index in [9.17, 15) is 0 Å². The van der Waals surface area contributed by atoms with Crippen LogP contribution in [0, 0.1) is 13.8 Å². The third-order valence-electron chi connectivity index (χ3n) is 3.02. The predicted octanol–water partition coefficient (Wildman–Crippen LogP) is 2.18. The molecule has 2 aromatic rings. The van der Waals surface area contributed by atoms with Gasteiger partial charge in [0.2, 0.25) is 5.95 Å². The van der Waals surface area contributed by atoms with Gasteiger partial charge in [0.15, 0.2) is 0 Å². The average Bonchev–Trinajstić information content (AvgIpc) is 2.78. The van der Waals surface area contributed by atoms with E-state index < -0.39 is 0 Å². The van der Waals surface area contributed by atoms with Crippen LogP contribution in [0.2, 0.25) is 0 Å². The van der Waals surface area contributed by atoms with Gasteiger partial charge in [0, 0.05) is 32.2 Å². The highest BCUT2D eigenvalue weighted by Gasteiger charge is 2.06. The molecular weight excluding hydrogens is 266 g/mol. The third kappa shape index (κ3) is 4.82. The molecule has 0 amide bonds. The summed E-state index contributed by atoms with van der Waals surface area (Å²) in [5.74, 6) is 1.66. The van der Waals surface area contributed by atoms with Crippen LogP contribution in [-0.2, 0) is 11.3 Å². The van der Waals surface area contributed by atoms with Crippen molar-refractivity contribution in [3.8, 4) is 0 Å². The molecule has 2 heterocycles. The molecule has 21 heavy (non-hydrogen) atoms. The van der Waals surface area contributed by atoms with Crippen molar-refractivity contribution in [2.75, 3.05) is 25.1 Å². The van der Waals surface area contributed by atoms with Crippen molar-refractivity contribution in [2.24, 2.45) is 0 Å². The molecule has 0 unspecified atom stereocenters. The van der Waals surface area contributed by atoms with E-state index in [2.05, 4.69) is 24.8 Å². The number of hydrogen-bond donors (Lipinski definition) is 1. The molecule has 1 N–H and O–H groups in total. The van der Waals surface area contributed by atoms with Crippen LogP contribution in [0.4, 0.5) is 5.95 Å². The number of ether oxygens (including phenoxy) is 1. The summed E-state index contributed by atoms with van der Waals surface area (Å²) < 4.78 is 7.41. The lowest BCUT2D eigenvalue weighted by Crippen LogP contribution is -2.12. The molecule has 0 aromatic carbocycles. The van der Waals surface area contributed by atoms with E-state index in [1.165, 1.54) is 0 Å². The summed E-state index contributed by atoms with van der Waals surface area (Å²) >= 11 is 0. The van der Waals surface area contributed by atoms with Gasteiger partial charge in [-0.15, -0.1) is 0 Å². The normalized spacial score (nSPS) is 10.8. The number of rotatable bonds is 8. The Labute approximate surface area is 125 Å². The fraction of sp³-hybridized carbons (Fsp3) is 0.533. The van der Waals surface area contributed by atoms with Crippen LogP contribution in [0.15, 0.2) is 18.5 Å². The first-order valence-corrected chi connectivity index (χ1v) is 7.33. The second kappa shape index (κ2) is 7.73. The van der Waals surface area contributed by atoms with Crippen molar-refractivity contribution in [1.29, 1.82) is 0 Å². The lowest BCUT2D eigenvalue weighted by molar-refractivity contribution is 0.147. The predicted molar refractivity (Wildman–Crippen MR) is 82.4 cm³/mol. The van der Waals surface area contributed by atoms with Gasteiger partial charge in [0.1, 0.15) is 5.82 Å². The van der Waals surface area contributed by atoms with Gasteiger partial charge in [0.05, 0.1) is 17.9 Å². The van der Waals surface area contributed by atoms with Gasteiger partial charge in [-0.2, -0.15) is 0 Å². The van der Waals surface area contributed by atoms with E-state index in [0.717, 1.165) is 49.3 Å². The van der Waals surface area contributed by atoms with Crippen LogP contribution in [0.1, 0.15) is 30.6 Å². The summed E-state index contributed by atoms with van der Waals surface area (Å²) in [5.41, 5.74) is 1.98. The van der Waals surface area contributed by atoms with Crippen molar-refractivity contribution in [3.63, 3.8) is 0 Å². The summed E-state index contributed by atoms with van der Waals surface area (Å²) in [6, 6.07) is 1.93. The topological polar surface area (TPSA) is 64.9 Å². The summed E-state index contributed by atoms with van der Waals surface area (Å²) in [6.07, 6.45) is 4.78. The molecule has 0 aliphatic carbocycles. The number of nitrogens with zero attached hydrogens (tertiary/aromatic N) is 4. The van der Waals surface area contributed by atoms with E-state index in [0.29, 0.717) is 6.54 Å². The van der Waals surface area contributed by atoms with E-state index in [-0.39, 0.29) is 0 Å². The van der Waals surface area contributed by atoms with Gasteiger partial charge in [-0.05, 0) is 33.3 Å². The second-order valence-electron chi connectivity index (χ2n) is 4.91. The average molecular weight is 289 g/mol. The minimum Gasteiger partial charge on any atom is -0.382 e. The van der Waals surface area contributed by atoms with Crippen molar-refractivity contribution in [1.82, 2.24) is 19.5 Å². The molecule has 6 nitrogen and oxygen atoms in total. The maximum Gasteiger partial charge on any atom is 0.203 e. The minimum atomic E-state index is 0.692. The van der Waals surface area contributed by atoms with Crippen LogP contribution in [-0.4, -0.2) is 39.3 Å². The van der Waals surface area contributed by atoms with Gasteiger partial charge in [-0.25, -0.2) is 15.0 Å². The summed E-state index contributed by atoms with van der Waals surface area (Å²) in [4.78, 5) is 13.1. The van der Waals surface area contributed by atoms with E-state index in [4.69, 9.17) is 4.74 Å². The fourth-order valence-electron chi connectivity index (χ4n) is 2.09. The molecule has 0 atom stereocenters. The van der Waals surface area contributed by atoms with Crippen molar-refractivity contribution in [2.45, 2.75) is 33.7 Å². The van der Waals surface area contributed by atoms with Gasteiger partial charge >= 0.3 is 0 Å². The van der Waals surface area contributed by atoms with Crippen molar-refractivity contribution >= 4 is 5.95 Å². The molecule has 0 radical (unpaired) electrons. The molecule has 0 bridgehead atoms. The van der Waals surface area contributed by atoms with Crippen LogP contribution in [0.25, 0.3) is 0 Å². The molecule has 0 fully saturated rings. The quantitative estimate of drug-likeness (QED) is 0.755. The van der Waals surface area contributed by atoms with E-state index in [1.807, 2.05) is 33.0 Å². The largest absolute Gasteiger partial charge is 0.382 e. The number of nitrogens with one attached hydrogen (secondary N) is 1. The zero-order valence-electron chi connectivity index (χ0n) is 13.0. The van der Waals surface area contributed by atoms with Gasteiger partial charge in [-0.3, -0.25) is 0 Å². The maximum absolute atomic E-state index is 5.33. The Morgan fingerprint density at radius 3 is 2.90 bits per heavy atom. The Kier molecular flexibility index (Phi) is 5.68. The molecule has 0 aliphatic rings. The zero-order chi connectivity index (χ0) is 15.1. The number of aromatic nitrogens is 4. The Balaban J connectivity index is 1.96. The Hall–Kier alpha value is -1.95. The highest BCUT2D eigenvalue weighted by Crippen LogP contribution is 2.11. The smallest absolute Gasteiger partial charge is 0.203 e. The van der Waals surface area contributed by atoms with Gasteiger partial charge < -0.3 is 14.6 Å². The fourth-order valence-corrected chi connectivity index (χ4v) is 2.09. The van der Waals surface area contributed by atoms with Crippen molar-refractivity contribution < 1.29 is 4.74 Å². The molecule has 0 saturated heterocycles. The second-order valence-corrected chi connectivity index (χ2v) is 4.91. The molecule has 0 spiro atoms. The molecule has 2 rings (SSSR count). The summed E-state index contributed by atoms with van der Waals surface area (Å²) in [6.45, 7) is 8.97. The maximum atomic E-state index is 5.33. The van der Waals surface area contributed by atoms with E-state index in [1.54, 1.807) is 6.20 Å². The number of imidazole rings is 1. The highest BCUT2D eigenvalue weighted by molar-refractivity contribution is 5.29. The standard InChI is InChI=1S/C15H23N5O/c1-4-21-9-5-7-17-15-18-12(2)10-20(15)11-14-6-8-16-13(3)19-14/h6,8,10H,4-5,7,9,11H2,1-3H3,(H,17,18). The van der Waals surface area contributed by atoms with Gasteiger partial charge in [0.25, 0.3) is 0 Å². The number of aryl methyl sites for hydroxylation is 2. The van der Waals surface area contributed by atoms with Crippen LogP contribution in [0.5, 0.6) is 0 Å². The SMILES string of the molecule is CCOCCCNc1nc(C)cn1Cc1ccnc(C)n1. The molecule has 2 aromatic heterocycles. The van der Waals surface area contributed by atoms with E-state index >= 15 is 0 Å². The third-order valence-corrected chi connectivity index (χ3v) is 3.02. The lowest BCUT2D eigenvalue weighted by Gasteiger charge is -2.09. The monoisotopic (exact) mass is 289 g/mol. The van der Waals surface area contributed by atoms with Crippen LogP contribution < -0.4 is 5.32 Å².